The number of hydrogen-bond donors (Lipinski definition) is 1. The molecule has 0 saturated carbocycles. The van der Waals surface area contributed by atoms with E-state index in [-0.39, 0.29) is 0 Å². The van der Waals surface area contributed by atoms with Crippen molar-refractivity contribution in [2.75, 3.05) is 19.8 Å². The monoisotopic (exact) mass is 141 g/mol. The lowest BCUT2D eigenvalue weighted by molar-refractivity contribution is 0.179. The lowest BCUT2D eigenvalue weighted by atomic mass is 9.99. The highest BCUT2D eigenvalue weighted by Gasteiger charge is 2.28. The molecule has 2 saturated heterocycles. The molecule has 0 spiro atoms. The van der Waals surface area contributed by atoms with Crippen molar-refractivity contribution in [2.45, 2.75) is 25.3 Å². The minimum absolute atomic E-state index is 0.683. The van der Waals surface area contributed by atoms with E-state index in [0.717, 1.165) is 19.1 Å². The molecule has 0 amide bonds. The van der Waals surface area contributed by atoms with Gasteiger partial charge in [-0.1, -0.05) is 6.42 Å². The summed E-state index contributed by atoms with van der Waals surface area (Å²) in [7, 11) is 0. The zero-order chi connectivity index (χ0) is 6.81. The van der Waals surface area contributed by atoms with Gasteiger partial charge in [-0.15, -0.1) is 0 Å². The molecule has 2 atom stereocenters. The summed E-state index contributed by atoms with van der Waals surface area (Å²) in [6.07, 6.45) is 4.11. The smallest absolute Gasteiger partial charge is 0.0623 e. The van der Waals surface area contributed by atoms with Crippen LogP contribution in [0.5, 0.6) is 0 Å². The summed E-state index contributed by atoms with van der Waals surface area (Å²) >= 11 is 0. The van der Waals surface area contributed by atoms with E-state index in [0.29, 0.717) is 6.04 Å². The minimum Gasteiger partial charge on any atom is -0.379 e. The molecular weight excluding hydrogens is 126 g/mol. The van der Waals surface area contributed by atoms with Crippen molar-refractivity contribution in [3.63, 3.8) is 0 Å². The van der Waals surface area contributed by atoms with Crippen molar-refractivity contribution in [1.29, 1.82) is 0 Å². The maximum absolute atomic E-state index is 5.38. The standard InChI is InChI=1S/C8H15NO/c1-2-4-9-8-6-10-5-7(8)3-1/h7-9H,1-6H2. The number of nitrogens with one attached hydrogen (secondary N) is 1. The van der Waals surface area contributed by atoms with Crippen LogP contribution in [0.15, 0.2) is 0 Å². The first-order chi connectivity index (χ1) is 4.97. The van der Waals surface area contributed by atoms with Crippen LogP contribution < -0.4 is 5.32 Å². The molecule has 2 aliphatic heterocycles. The maximum atomic E-state index is 5.38. The van der Waals surface area contributed by atoms with Crippen molar-refractivity contribution in [3.05, 3.63) is 0 Å². The van der Waals surface area contributed by atoms with Crippen LogP contribution in [0.25, 0.3) is 0 Å². The van der Waals surface area contributed by atoms with Crippen molar-refractivity contribution in [3.8, 4) is 0 Å². The van der Waals surface area contributed by atoms with E-state index >= 15 is 0 Å². The topological polar surface area (TPSA) is 21.3 Å². The van der Waals surface area contributed by atoms with Gasteiger partial charge in [0.2, 0.25) is 0 Å². The zero-order valence-corrected chi connectivity index (χ0v) is 6.31. The maximum Gasteiger partial charge on any atom is 0.0623 e. The van der Waals surface area contributed by atoms with Crippen molar-refractivity contribution in [2.24, 2.45) is 5.92 Å². The summed E-state index contributed by atoms with van der Waals surface area (Å²) in [5.41, 5.74) is 0. The highest BCUT2D eigenvalue weighted by molar-refractivity contribution is 4.83. The predicted octanol–water partition coefficient (Wildman–Crippen LogP) is 0.775. The first kappa shape index (κ1) is 6.62. The van der Waals surface area contributed by atoms with Gasteiger partial charge in [0, 0.05) is 6.04 Å². The highest BCUT2D eigenvalue weighted by Crippen LogP contribution is 2.22. The Morgan fingerprint density at radius 2 is 2.20 bits per heavy atom. The second kappa shape index (κ2) is 2.89. The van der Waals surface area contributed by atoms with Crippen LogP contribution in [0.1, 0.15) is 19.3 Å². The Bertz CT molecular complexity index is 104. The van der Waals surface area contributed by atoms with Gasteiger partial charge in [0.05, 0.1) is 13.2 Å². The molecule has 0 aliphatic carbocycles. The molecule has 2 unspecified atom stereocenters. The summed E-state index contributed by atoms with van der Waals surface area (Å²) in [4.78, 5) is 0. The summed E-state index contributed by atoms with van der Waals surface area (Å²) in [5, 5.41) is 3.52. The summed E-state index contributed by atoms with van der Waals surface area (Å²) in [5.74, 6) is 0.822. The minimum atomic E-state index is 0.683. The fourth-order valence-corrected chi connectivity index (χ4v) is 1.93. The SMILES string of the molecule is C1CCC2COCC2NC1. The molecule has 2 nitrogen and oxygen atoms in total. The van der Waals surface area contributed by atoms with Gasteiger partial charge in [0.25, 0.3) is 0 Å². The van der Waals surface area contributed by atoms with E-state index in [1.54, 1.807) is 0 Å². The van der Waals surface area contributed by atoms with E-state index in [1.807, 2.05) is 0 Å². The zero-order valence-electron chi connectivity index (χ0n) is 6.31. The third-order valence-electron chi connectivity index (χ3n) is 2.61. The van der Waals surface area contributed by atoms with Crippen LogP contribution in [0.4, 0.5) is 0 Å². The van der Waals surface area contributed by atoms with E-state index in [9.17, 15) is 0 Å². The van der Waals surface area contributed by atoms with Gasteiger partial charge in [0.15, 0.2) is 0 Å². The van der Waals surface area contributed by atoms with Gasteiger partial charge in [-0.2, -0.15) is 0 Å². The molecule has 58 valence electrons. The predicted molar refractivity (Wildman–Crippen MR) is 40.0 cm³/mol. The number of fused-ring (bicyclic) bond motifs is 1. The molecule has 2 fully saturated rings. The van der Waals surface area contributed by atoms with E-state index in [2.05, 4.69) is 5.32 Å². The molecule has 0 radical (unpaired) electrons. The Hall–Kier alpha value is -0.0800. The molecule has 0 aromatic heterocycles. The molecule has 0 bridgehead atoms. The second-order valence-electron chi connectivity index (χ2n) is 3.35. The van der Waals surface area contributed by atoms with Crippen LogP contribution >= 0.6 is 0 Å². The fourth-order valence-electron chi connectivity index (χ4n) is 1.93. The third kappa shape index (κ3) is 1.18. The van der Waals surface area contributed by atoms with Crippen LogP contribution in [-0.4, -0.2) is 25.8 Å². The van der Waals surface area contributed by atoms with Crippen LogP contribution in [0.2, 0.25) is 0 Å². The Kier molecular flexibility index (Phi) is 1.91. The van der Waals surface area contributed by atoms with E-state index < -0.39 is 0 Å². The van der Waals surface area contributed by atoms with Gasteiger partial charge in [-0.3, -0.25) is 0 Å². The Balaban J connectivity index is 1.95. The van der Waals surface area contributed by atoms with Gasteiger partial charge in [0.1, 0.15) is 0 Å². The normalized spacial score (nSPS) is 40.8. The highest BCUT2D eigenvalue weighted by atomic mass is 16.5. The molecule has 0 aromatic rings. The van der Waals surface area contributed by atoms with Gasteiger partial charge >= 0.3 is 0 Å². The van der Waals surface area contributed by atoms with Crippen LogP contribution in [-0.2, 0) is 4.74 Å². The van der Waals surface area contributed by atoms with Gasteiger partial charge < -0.3 is 10.1 Å². The molecule has 1 N–H and O–H groups in total. The van der Waals surface area contributed by atoms with Crippen LogP contribution in [0, 0.1) is 5.92 Å². The molecule has 2 rings (SSSR count). The van der Waals surface area contributed by atoms with Crippen molar-refractivity contribution >= 4 is 0 Å². The third-order valence-corrected chi connectivity index (χ3v) is 2.61. The lowest BCUT2D eigenvalue weighted by Gasteiger charge is -2.13. The molecule has 2 aliphatic rings. The van der Waals surface area contributed by atoms with Gasteiger partial charge in [-0.25, -0.2) is 0 Å². The van der Waals surface area contributed by atoms with E-state index in [1.165, 1.54) is 25.8 Å². The number of rotatable bonds is 0. The van der Waals surface area contributed by atoms with Crippen molar-refractivity contribution < 1.29 is 4.74 Å². The Morgan fingerprint density at radius 3 is 3.20 bits per heavy atom. The quantitative estimate of drug-likeness (QED) is 0.538. The Morgan fingerprint density at radius 1 is 1.20 bits per heavy atom. The molecular formula is C8H15NO. The first-order valence-electron chi connectivity index (χ1n) is 4.28. The lowest BCUT2D eigenvalue weighted by Crippen LogP contribution is -2.33. The second-order valence-corrected chi connectivity index (χ2v) is 3.35. The summed E-state index contributed by atoms with van der Waals surface area (Å²) in [6.45, 7) is 3.15. The molecule has 2 heterocycles. The molecule has 0 aromatic carbocycles. The van der Waals surface area contributed by atoms with Crippen LogP contribution in [0.3, 0.4) is 0 Å². The summed E-state index contributed by atoms with van der Waals surface area (Å²) in [6, 6.07) is 0.683. The van der Waals surface area contributed by atoms with E-state index in [4.69, 9.17) is 4.74 Å². The molecule has 2 heteroatoms. The largest absolute Gasteiger partial charge is 0.379 e. The number of hydrogen-bond acceptors (Lipinski definition) is 2. The number of ether oxygens (including phenoxy) is 1. The summed E-state index contributed by atoms with van der Waals surface area (Å²) < 4.78 is 5.38. The first-order valence-corrected chi connectivity index (χ1v) is 4.28. The van der Waals surface area contributed by atoms with Crippen molar-refractivity contribution in [1.82, 2.24) is 5.32 Å². The fraction of sp³-hybridized carbons (Fsp3) is 1.00. The van der Waals surface area contributed by atoms with Gasteiger partial charge in [-0.05, 0) is 25.3 Å². The Labute approximate surface area is 61.9 Å². The molecule has 10 heavy (non-hydrogen) atoms. The average Bonchev–Trinajstić information content (AvgIpc) is 2.28. The average molecular weight is 141 g/mol.